The van der Waals surface area contributed by atoms with Crippen LogP contribution in [0.4, 0.5) is 0 Å². The molecule has 0 saturated carbocycles. The van der Waals surface area contributed by atoms with E-state index in [1.807, 2.05) is 32.4 Å². The number of aromatic nitrogens is 2. The van der Waals surface area contributed by atoms with Gasteiger partial charge in [-0.15, -0.1) is 0 Å². The number of aliphatic hydroxyl groups is 1. The summed E-state index contributed by atoms with van der Waals surface area (Å²) in [5, 5.41) is 18.3. The topological polar surface area (TPSA) is 128 Å². The number of aryl methyl sites for hydroxylation is 1. The zero-order valence-electron chi connectivity index (χ0n) is 25.9. The van der Waals surface area contributed by atoms with Gasteiger partial charge in [0.15, 0.2) is 0 Å². The van der Waals surface area contributed by atoms with Gasteiger partial charge in [0.05, 0.1) is 22.4 Å². The molecular formula is C30H46N6O5S. The molecule has 2 atom stereocenters. The molecule has 2 N–H and O–H groups in total. The Morgan fingerprint density at radius 2 is 1.74 bits per heavy atom. The number of likely N-dealkylation sites (tertiary alicyclic amines) is 1. The number of hydrogen-bond acceptors (Lipinski definition) is 7. The predicted molar refractivity (Wildman–Crippen MR) is 161 cm³/mol. The van der Waals surface area contributed by atoms with Gasteiger partial charge in [0.25, 0.3) is 0 Å². The quantitative estimate of drug-likeness (QED) is 0.427. The number of amides is 2. The second kappa shape index (κ2) is 12.4. The highest BCUT2D eigenvalue weighted by atomic mass is 32.2. The molecule has 2 aliphatic heterocycles. The van der Waals surface area contributed by atoms with Gasteiger partial charge in [-0.2, -0.15) is 5.10 Å². The molecule has 4 rings (SSSR count). The Morgan fingerprint density at radius 1 is 1.12 bits per heavy atom. The molecule has 2 amide bonds. The van der Waals surface area contributed by atoms with Gasteiger partial charge in [-0.25, -0.2) is 17.4 Å². The van der Waals surface area contributed by atoms with Crippen molar-refractivity contribution in [2.24, 2.45) is 5.92 Å². The van der Waals surface area contributed by atoms with Crippen molar-refractivity contribution in [3.8, 4) is 5.69 Å². The molecule has 11 nitrogen and oxygen atoms in total. The Bertz CT molecular complexity index is 1390. The molecule has 232 valence electrons. The largest absolute Gasteiger partial charge is 0.390 e. The van der Waals surface area contributed by atoms with Crippen molar-refractivity contribution in [1.82, 2.24) is 29.2 Å². The summed E-state index contributed by atoms with van der Waals surface area (Å²) in [5.74, 6) is -0.503. The van der Waals surface area contributed by atoms with E-state index in [-0.39, 0.29) is 22.6 Å². The maximum absolute atomic E-state index is 13.6. The fourth-order valence-electron chi connectivity index (χ4n) is 6.02. The molecule has 1 aromatic heterocycles. The molecule has 0 radical (unpaired) electrons. The number of benzene rings is 1. The lowest BCUT2D eigenvalue weighted by molar-refractivity contribution is -0.165. The molecule has 0 bridgehead atoms. The smallest absolute Gasteiger partial charge is 0.248 e. The van der Waals surface area contributed by atoms with Crippen molar-refractivity contribution >= 4 is 21.8 Å². The van der Waals surface area contributed by atoms with Crippen molar-refractivity contribution in [1.29, 1.82) is 0 Å². The van der Waals surface area contributed by atoms with Crippen LogP contribution in [0.5, 0.6) is 0 Å². The molecular weight excluding hydrogens is 556 g/mol. The van der Waals surface area contributed by atoms with E-state index in [2.05, 4.69) is 17.1 Å². The van der Waals surface area contributed by atoms with Crippen molar-refractivity contribution in [2.75, 3.05) is 33.7 Å². The molecule has 1 aromatic carbocycles. The molecule has 2 aromatic rings. The third-order valence-electron chi connectivity index (χ3n) is 8.88. The lowest BCUT2D eigenvalue weighted by Gasteiger charge is -2.52. The first-order valence-electron chi connectivity index (χ1n) is 14.9. The van der Waals surface area contributed by atoms with Crippen LogP contribution in [0.3, 0.4) is 0 Å². The lowest BCUT2D eigenvalue weighted by Crippen LogP contribution is -2.74. The van der Waals surface area contributed by atoms with E-state index in [0.717, 1.165) is 35.5 Å². The first-order chi connectivity index (χ1) is 19.7. The van der Waals surface area contributed by atoms with E-state index >= 15 is 0 Å². The third-order valence-corrected chi connectivity index (χ3v) is 10.7. The van der Waals surface area contributed by atoms with E-state index in [4.69, 9.17) is 5.10 Å². The molecule has 2 saturated heterocycles. The summed E-state index contributed by atoms with van der Waals surface area (Å²) in [6.45, 7) is 12.2. The van der Waals surface area contributed by atoms with Crippen molar-refractivity contribution in [2.45, 2.75) is 89.4 Å². The van der Waals surface area contributed by atoms with E-state index in [1.54, 1.807) is 29.2 Å². The van der Waals surface area contributed by atoms with Gasteiger partial charge in [-0.3, -0.25) is 14.5 Å². The highest BCUT2D eigenvalue weighted by molar-refractivity contribution is 7.89. The third kappa shape index (κ3) is 5.86. The van der Waals surface area contributed by atoms with E-state index in [1.165, 1.54) is 18.4 Å². The van der Waals surface area contributed by atoms with E-state index < -0.39 is 27.7 Å². The summed E-state index contributed by atoms with van der Waals surface area (Å²) in [6.07, 6.45) is 1.81. The molecule has 2 aliphatic rings. The number of sulfonamides is 1. The average Bonchev–Trinajstić information content (AvgIpc) is 3.23. The van der Waals surface area contributed by atoms with Crippen molar-refractivity contribution < 1.29 is 23.1 Å². The fourth-order valence-corrected chi connectivity index (χ4v) is 6.92. The minimum atomic E-state index is -3.52. The van der Waals surface area contributed by atoms with Crippen LogP contribution < -0.4 is 5.32 Å². The summed E-state index contributed by atoms with van der Waals surface area (Å²) < 4.78 is 27.9. The maximum Gasteiger partial charge on any atom is 0.248 e. The van der Waals surface area contributed by atoms with Crippen LogP contribution in [0.15, 0.2) is 29.2 Å². The Kier molecular flexibility index (Phi) is 9.51. The summed E-state index contributed by atoms with van der Waals surface area (Å²) in [4.78, 5) is 31.5. The number of piperidine rings is 1. The summed E-state index contributed by atoms with van der Waals surface area (Å²) in [7, 11) is -0.500. The summed E-state index contributed by atoms with van der Waals surface area (Å²) in [5.41, 5.74) is 2.82. The predicted octanol–water partition coefficient (Wildman–Crippen LogP) is 2.22. The van der Waals surface area contributed by atoms with Crippen LogP contribution in [-0.2, 0) is 26.2 Å². The molecule has 1 spiro atoms. The number of hydrogen-bond donors (Lipinski definition) is 2. The zero-order chi connectivity index (χ0) is 31.0. The molecule has 42 heavy (non-hydrogen) atoms. The SMILES string of the molecule is CCCCN1C(=O)C(C(O)C(C)C)NC(=O)C12CCN(Cc1c(C)nn(-c3ccc(S(=O)(=O)N(C)C)cc3)c1C)CC2. The number of rotatable bonds is 10. The second-order valence-electron chi connectivity index (χ2n) is 12.2. The Hall–Kier alpha value is -2.80. The number of unbranched alkanes of at least 4 members (excludes halogenated alkanes) is 1. The number of aliphatic hydroxyl groups excluding tert-OH is 1. The van der Waals surface area contributed by atoms with Crippen LogP contribution in [0.25, 0.3) is 5.69 Å². The summed E-state index contributed by atoms with van der Waals surface area (Å²) in [6, 6.07) is 5.80. The molecule has 12 heteroatoms. The van der Waals surface area contributed by atoms with Gasteiger partial charge in [0.1, 0.15) is 11.6 Å². The van der Waals surface area contributed by atoms with Gasteiger partial charge < -0.3 is 15.3 Å². The number of carbonyl (C=O) groups is 2. The maximum atomic E-state index is 13.6. The summed E-state index contributed by atoms with van der Waals surface area (Å²) >= 11 is 0. The minimum Gasteiger partial charge on any atom is -0.390 e. The fraction of sp³-hybridized carbons (Fsp3) is 0.633. The van der Waals surface area contributed by atoms with Crippen LogP contribution in [0.1, 0.15) is 63.4 Å². The highest BCUT2D eigenvalue weighted by Crippen LogP contribution is 2.35. The number of carbonyl (C=O) groups excluding carboxylic acids is 2. The standard InChI is InChI=1S/C30H46N6O5S/c1-8-9-16-35-28(38)26(27(37)20(2)3)31-29(39)30(35)14-17-34(18-15-30)19-25-21(4)32-36(22(25)5)23-10-12-24(13-11-23)42(40,41)33(6)7/h10-13,20,26-27,37H,8-9,14-19H2,1-7H3,(H,31,39). The van der Waals surface area contributed by atoms with Crippen molar-refractivity contribution in [3.63, 3.8) is 0 Å². The van der Waals surface area contributed by atoms with Crippen LogP contribution in [0.2, 0.25) is 0 Å². The Morgan fingerprint density at radius 3 is 2.29 bits per heavy atom. The van der Waals surface area contributed by atoms with Crippen LogP contribution in [0, 0.1) is 19.8 Å². The highest BCUT2D eigenvalue weighted by Gasteiger charge is 2.54. The Balaban J connectivity index is 1.50. The lowest BCUT2D eigenvalue weighted by atomic mass is 9.80. The Labute approximate surface area is 249 Å². The van der Waals surface area contributed by atoms with Crippen molar-refractivity contribution in [3.05, 3.63) is 41.2 Å². The normalized spacial score (nSPS) is 20.5. The number of nitrogens with zero attached hydrogens (tertiary/aromatic N) is 5. The number of nitrogens with one attached hydrogen (secondary N) is 1. The van der Waals surface area contributed by atoms with Crippen LogP contribution in [-0.4, -0.2) is 101 Å². The molecule has 0 aliphatic carbocycles. The minimum absolute atomic E-state index is 0.153. The molecule has 3 heterocycles. The van der Waals surface area contributed by atoms with Gasteiger partial charge in [-0.1, -0.05) is 27.2 Å². The van der Waals surface area contributed by atoms with Crippen LogP contribution >= 0.6 is 0 Å². The monoisotopic (exact) mass is 602 g/mol. The van der Waals surface area contributed by atoms with Gasteiger partial charge in [-0.05, 0) is 63.3 Å². The van der Waals surface area contributed by atoms with Gasteiger partial charge >= 0.3 is 0 Å². The van der Waals surface area contributed by atoms with E-state index in [0.29, 0.717) is 39.0 Å². The average molecular weight is 603 g/mol. The number of piperazine rings is 1. The molecule has 2 fully saturated rings. The van der Waals surface area contributed by atoms with Gasteiger partial charge in [0.2, 0.25) is 21.8 Å². The molecule has 2 unspecified atom stereocenters. The second-order valence-corrected chi connectivity index (χ2v) is 14.3. The van der Waals surface area contributed by atoms with E-state index in [9.17, 15) is 23.1 Å². The first kappa shape index (κ1) is 32.1. The van der Waals surface area contributed by atoms with Gasteiger partial charge in [0, 0.05) is 51.5 Å². The first-order valence-corrected chi connectivity index (χ1v) is 16.3. The zero-order valence-corrected chi connectivity index (χ0v) is 26.7.